The van der Waals surface area contributed by atoms with Crippen molar-refractivity contribution < 1.29 is 15.3 Å². The summed E-state index contributed by atoms with van der Waals surface area (Å²) in [6.45, 7) is 9.92. The van der Waals surface area contributed by atoms with E-state index in [9.17, 15) is 15.3 Å². The number of rotatable bonds is 4. The molecule has 0 aliphatic heterocycles. The summed E-state index contributed by atoms with van der Waals surface area (Å²) in [5.41, 5.74) is 0.617. The van der Waals surface area contributed by atoms with Crippen molar-refractivity contribution in [2.24, 2.45) is 52.3 Å². The third-order valence-corrected chi connectivity index (χ3v) is 10.7. The minimum absolute atomic E-state index is 0.167. The molecule has 3 N–H and O–H groups in total. The molecule has 0 aromatic rings. The average molecular weight is 393 g/mol. The number of aliphatic hydroxyl groups excluding tert-OH is 3. The largest absolute Gasteiger partial charge is 0.396 e. The summed E-state index contributed by atoms with van der Waals surface area (Å²) in [5, 5.41) is 31.6. The van der Waals surface area contributed by atoms with Gasteiger partial charge in [-0.05, 0) is 104 Å². The number of fused-ring (bicyclic) bond motifs is 5. The molecule has 4 saturated carbocycles. The minimum atomic E-state index is -0.199. The Morgan fingerprint density at radius 2 is 1.61 bits per heavy atom. The quantitative estimate of drug-likeness (QED) is 0.653. The predicted octanol–water partition coefficient (Wildman–Crippen LogP) is 4.63. The Morgan fingerprint density at radius 1 is 0.929 bits per heavy atom. The zero-order valence-corrected chi connectivity index (χ0v) is 18.6. The van der Waals surface area contributed by atoms with Gasteiger partial charge in [0.05, 0.1) is 12.2 Å². The fourth-order valence-corrected chi connectivity index (χ4v) is 9.34. The number of aliphatic hydroxyl groups is 3. The zero-order chi connectivity index (χ0) is 20.3. The van der Waals surface area contributed by atoms with Gasteiger partial charge in [0.15, 0.2) is 0 Å². The zero-order valence-electron chi connectivity index (χ0n) is 18.6. The molecule has 28 heavy (non-hydrogen) atoms. The van der Waals surface area contributed by atoms with Crippen molar-refractivity contribution in [3.63, 3.8) is 0 Å². The topological polar surface area (TPSA) is 60.7 Å². The van der Waals surface area contributed by atoms with Crippen LogP contribution in [0.5, 0.6) is 0 Å². The molecule has 0 amide bonds. The summed E-state index contributed by atoms with van der Waals surface area (Å²) in [4.78, 5) is 0. The van der Waals surface area contributed by atoms with E-state index in [1.165, 1.54) is 25.7 Å². The lowest BCUT2D eigenvalue weighted by atomic mass is 9.41. The van der Waals surface area contributed by atoms with Crippen LogP contribution in [0.3, 0.4) is 0 Å². The first kappa shape index (κ1) is 21.1. The molecule has 0 aromatic carbocycles. The number of hydrogen-bond acceptors (Lipinski definition) is 3. The molecule has 4 fully saturated rings. The van der Waals surface area contributed by atoms with Crippen molar-refractivity contribution in [1.82, 2.24) is 0 Å². The van der Waals surface area contributed by atoms with Crippen molar-refractivity contribution in [2.75, 3.05) is 6.61 Å². The van der Waals surface area contributed by atoms with E-state index in [0.29, 0.717) is 58.9 Å². The molecule has 3 heteroatoms. The van der Waals surface area contributed by atoms with E-state index in [4.69, 9.17) is 0 Å². The molecule has 0 heterocycles. The van der Waals surface area contributed by atoms with Gasteiger partial charge in [0, 0.05) is 6.61 Å². The smallest absolute Gasteiger partial charge is 0.0605 e. The van der Waals surface area contributed by atoms with Crippen LogP contribution in [0.15, 0.2) is 0 Å². The highest BCUT2D eigenvalue weighted by Gasteiger charge is 2.64. The van der Waals surface area contributed by atoms with Crippen LogP contribution in [0.1, 0.15) is 85.5 Å². The van der Waals surface area contributed by atoms with Crippen molar-refractivity contribution >= 4 is 0 Å². The van der Waals surface area contributed by atoms with Crippen molar-refractivity contribution in [3.8, 4) is 0 Å². The van der Waals surface area contributed by atoms with Gasteiger partial charge in [0.2, 0.25) is 0 Å². The second-order valence-electron chi connectivity index (χ2n) is 11.6. The second-order valence-corrected chi connectivity index (χ2v) is 11.6. The average Bonchev–Trinajstić information content (AvgIpc) is 3.01. The van der Waals surface area contributed by atoms with Gasteiger partial charge >= 0.3 is 0 Å². The van der Waals surface area contributed by atoms with E-state index >= 15 is 0 Å². The van der Waals surface area contributed by atoms with Gasteiger partial charge in [0.25, 0.3) is 0 Å². The maximum atomic E-state index is 11.7. The van der Waals surface area contributed by atoms with Crippen LogP contribution in [-0.2, 0) is 0 Å². The van der Waals surface area contributed by atoms with Crippen LogP contribution in [0.25, 0.3) is 0 Å². The molecule has 11 atom stereocenters. The van der Waals surface area contributed by atoms with Gasteiger partial charge in [-0.15, -0.1) is 0 Å². The second kappa shape index (κ2) is 7.54. The fraction of sp³-hybridized carbons (Fsp3) is 1.00. The van der Waals surface area contributed by atoms with Gasteiger partial charge in [-0.1, -0.05) is 34.1 Å². The molecule has 0 saturated heterocycles. The Hall–Kier alpha value is -0.120. The third-order valence-electron chi connectivity index (χ3n) is 10.7. The van der Waals surface area contributed by atoms with E-state index in [2.05, 4.69) is 27.7 Å². The highest BCUT2D eigenvalue weighted by atomic mass is 16.3. The van der Waals surface area contributed by atoms with Crippen LogP contribution in [0.2, 0.25) is 0 Å². The van der Waals surface area contributed by atoms with Crippen LogP contribution in [0, 0.1) is 52.3 Å². The Balaban J connectivity index is 1.67. The molecule has 0 bridgehead atoms. The summed E-state index contributed by atoms with van der Waals surface area (Å²) in [7, 11) is 0. The maximum absolute atomic E-state index is 11.7. The molecular weight excluding hydrogens is 348 g/mol. The molecule has 4 aliphatic carbocycles. The lowest BCUT2D eigenvalue weighted by Gasteiger charge is -2.64. The van der Waals surface area contributed by atoms with Gasteiger partial charge in [0.1, 0.15) is 0 Å². The Bertz CT molecular complexity index is 564. The standard InChI is InChI=1S/C25H44O3/c1-5-17-21-14-16(27)8-11-25(21,4)20-9-12-24(3)18(15(2)10-13-26)6-7-19(24)22(20)23(17)28/h15-23,26-28H,5-14H2,1-4H3/t15-,16-,17-,18-,19?,20?,21+,22?,23?,24-,25-/m1/s1. The lowest BCUT2D eigenvalue weighted by Crippen LogP contribution is -2.62. The molecule has 4 rings (SSSR count). The van der Waals surface area contributed by atoms with Gasteiger partial charge in [-0.25, -0.2) is 0 Å². The molecule has 0 aromatic heterocycles. The Kier molecular flexibility index (Phi) is 5.69. The minimum Gasteiger partial charge on any atom is -0.396 e. The number of hydrogen-bond donors (Lipinski definition) is 3. The first-order valence-corrected chi connectivity index (χ1v) is 12.2. The van der Waals surface area contributed by atoms with Gasteiger partial charge in [-0.2, -0.15) is 0 Å². The first-order chi connectivity index (χ1) is 13.3. The van der Waals surface area contributed by atoms with Crippen LogP contribution in [-0.4, -0.2) is 34.1 Å². The SMILES string of the molecule is CC[C@H]1C(O)C2C3CC[C@H]([C@H](C)CCO)[C@@]3(C)CCC2[C@@]2(C)CC[C@@H](O)C[C@@H]12. The van der Waals surface area contributed by atoms with Crippen LogP contribution >= 0.6 is 0 Å². The molecule has 3 nitrogen and oxygen atoms in total. The fourth-order valence-electron chi connectivity index (χ4n) is 9.34. The molecule has 162 valence electrons. The molecule has 4 unspecified atom stereocenters. The molecular formula is C25H44O3. The lowest BCUT2D eigenvalue weighted by molar-refractivity contribution is -0.203. The van der Waals surface area contributed by atoms with Crippen molar-refractivity contribution in [1.29, 1.82) is 0 Å². The summed E-state index contributed by atoms with van der Waals surface area (Å²) in [6.07, 6.45) is 9.62. The maximum Gasteiger partial charge on any atom is 0.0605 e. The van der Waals surface area contributed by atoms with E-state index in [0.717, 1.165) is 32.1 Å². The predicted molar refractivity (Wildman–Crippen MR) is 113 cm³/mol. The monoisotopic (exact) mass is 392 g/mol. The van der Waals surface area contributed by atoms with Crippen molar-refractivity contribution in [3.05, 3.63) is 0 Å². The first-order valence-electron chi connectivity index (χ1n) is 12.2. The van der Waals surface area contributed by atoms with E-state index < -0.39 is 0 Å². The molecule has 4 aliphatic rings. The normalized spacial score (nSPS) is 54.5. The van der Waals surface area contributed by atoms with Crippen molar-refractivity contribution in [2.45, 2.75) is 97.7 Å². The van der Waals surface area contributed by atoms with Crippen LogP contribution in [0.4, 0.5) is 0 Å². The van der Waals surface area contributed by atoms with E-state index in [1.807, 2.05) is 0 Å². The summed E-state index contributed by atoms with van der Waals surface area (Å²) < 4.78 is 0. The summed E-state index contributed by atoms with van der Waals surface area (Å²) in [6, 6.07) is 0. The van der Waals surface area contributed by atoms with E-state index in [-0.39, 0.29) is 12.2 Å². The highest BCUT2D eigenvalue weighted by Crippen LogP contribution is 2.69. The Labute approximate surface area is 172 Å². The molecule has 0 spiro atoms. The summed E-state index contributed by atoms with van der Waals surface area (Å²) >= 11 is 0. The van der Waals surface area contributed by atoms with E-state index in [1.54, 1.807) is 0 Å². The van der Waals surface area contributed by atoms with Crippen LogP contribution < -0.4 is 0 Å². The van der Waals surface area contributed by atoms with Gasteiger partial charge < -0.3 is 15.3 Å². The third kappa shape index (κ3) is 2.94. The van der Waals surface area contributed by atoms with Gasteiger partial charge in [-0.3, -0.25) is 0 Å². The summed E-state index contributed by atoms with van der Waals surface area (Å²) in [5.74, 6) is 3.78. The molecule has 0 radical (unpaired) electrons. The highest BCUT2D eigenvalue weighted by molar-refractivity contribution is 5.13. The Morgan fingerprint density at radius 3 is 2.29 bits per heavy atom.